The summed E-state index contributed by atoms with van der Waals surface area (Å²) in [6.45, 7) is 2.79. The molecule has 0 fully saturated rings. The SMILES string of the molecule is Fc1ccc(N2CCc3cc(OCc4ccccc4)ccc3C2Cc2ccc(C=CC3=NCCO3)cc2)cc1. The lowest BCUT2D eigenvalue weighted by Crippen LogP contribution is -2.36. The third-order valence-corrected chi connectivity index (χ3v) is 7.31. The van der Waals surface area contributed by atoms with E-state index in [2.05, 4.69) is 64.5 Å². The first-order chi connectivity index (χ1) is 19.2. The van der Waals surface area contributed by atoms with Crippen molar-refractivity contribution in [1.29, 1.82) is 0 Å². The lowest BCUT2D eigenvalue weighted by Gasteiger charge is -2.39. The Kier molecular flexibility index (Phi) is 7.39. The molecule has 6 rings (SSSR count). The van der Waals surface area contributed by atoms with E-state index < -0.39 is 0 Å². The number of hydrogen-bond acceptors (Lipinski definition) is 4. The summed E-state index contributed by atoms with van der Waals surface area (Å²) in [6.07, 6.45) is 5.70. The summed E-state index contributed by atoms with van der Waals surface area (Å²) in [5.41, 5.74) is 7.14. The van der Waals surface area contributed by atoms with E-state index >= 15 is 0 Å². The van der Waals surface area contributed by atoms with E-state index in [1.807, 2.05) is 42.5 Å². The van der Waals surface area contributed by atoms with Crippen molar-refractivity contribution in [3.63, 3.8) is 0 Å². The fraction of sp³-hybridized carbons (Fsp3) is 0.206. The summed E-state index contributed by atoms with van der Waals surface area (Å²) in [7, 11) is 0. The van der Waals surface area contributed by atoms with Crippen molar-refractivity contribution in [2.75, 3.05) is 24.6 Å². The summed E-state index contributed by atoms with van der Waals surface area (Å²) in [5, 5.41) is 0. The fourth-order valence-corrected chi connectivity index (χ4v) is 5.29. The van der Waals surface area contributed by atoms with Crippen LogP contribution in [0.2, 0.25) is 0 Å². The average Bonchev–Trinajstić information content (AvgIpc) is 3.51. The molecule has 39 heavy (non-hydrogen) atoms. The topological polar surface area (TPSA) is 34.1 Å². The summed E-state index contributed by atoms with van der Waals surface area (Å²) in [4.78, 5) is 6.71. The quantitative estimate of drug-likeness (QED) is 0.248. The first-order valence-corrected chi connectivity index (χ1v) is 13.5. The Morgan fingerprint density at radius 1 is 0.897 bits per heavy atom. The van der Waals surface area contributed by atoms with E-state index in [9.17, 15) is 4.39 Å². The third-order valence-electron chi connectivity index (χ3n) is 7.31. The van der Waals surface area contributed by atoms with E-state index in [-0.39, 0.29) is 11.9 Å². The van der Waals surface area contributed by atoms with Crippen molar-refractivity contribution in [3.8, 4) is 5.75 Å². The molecule has 2 heterocycles. The van der Waals surface area contributed by atoms with Crippen molar-refractivity contribution >= 4 is 17.7 Å². The highest BCUT2D eigenvalue weighted by Gasteiger charge is 2.28. The molecule has 0 bridgehead atoms. The van der Waals surface area contributed by atoms with Crippen LogP contribution in [0.3, 0.4) is 0 Å². The number of benzene rings is 4. The first-order valence-electron chi connectivity index (χ1n) is 13.5. The van der Waals surface area contributed by atoms with Crippen LogP contribution in [0, 0.1) is 5.82 Å². The van der Waals surface area contributed by atoms with E-state index in [0.29, 0.717) is 19.1 Å². The molecule has 0 saturated carbocycles. The molecule has 1 atom stereocenters. The Morgan fingerprint density at radius 2 is 1.72 bits per heavy atom. The molecular weight excluding hydrogens is 487 g/mol. The zero-order valence-electron chi connectivity index (χ0n) is 21.8. The maximum Gasteiger partial charge on any atom is 0.208 e. The maximum absolute atomic E-state index is 13.7. The zero-order chi connectivity index (χ0) is 26.4. The van der Waals surface area contributed by atoms with Gasteiger partial charge in [-0.25, -0.2) is 9.38 Å². The highest BCUT2D eigenvalue weighted by molar-refractivity contribution is 5.92. The predicted octanol–water partition coefficient (Wildman–Crippen LogP) is 7.19. The molecule has 0 aromatic heterocycles. The van der Waals surface area contributed by atoms with Crippen LogP contribution in [-0.2, 0) is 24.2 Å². The van der Waals surface area contributed by atoms with Gasteiger partial charge in [0.05, 0.1) is 12.6 Å². The Hall–Kier alpha value is -4.38. The minimum atomic E-state index is -0.217. The smallest absolute Gasteiger partial charge is 0.208 e. The molecular formula is C34H31FN2O2. The van der Waals surface area contributed by atoms with Gasteiger partial charge < -0.3 is 14.4 Å². The molecule has 4 aromatic rings. The average molecular weight is 519 g/mol. The first kappa shape index (κ1) is 24.9. The van der Waals surface area contributed by atoms with Gasteiger partial charge in [0.25, 0.3) is 0 Å². The second-order valence-electron chi connectivity index (χ2n) is 9.92. The van der Waals surface area contributed by atoms with E-state index in [1.165, 1.54) is 16.7 Å². The van der Waals surface area contributed by atoms with Crippen LogP contribution in [0.25, 0.3) is 6.08 Å². The number of fused-ring (bicyclic) bond motifs is 1. The molecule has 0 amide bonds. The Labute approximate surface area is 229 Å². The molecule has 0 spiro atoms. The molecule has 4 nitrogen and oxygen atoms in total. The maximum atomic E-state index is 13.7. The Balaban J connectivity index is 1.24. The van der Waals surface area contributed by atoms with Crippen LogP contribution in [-0.4, -0.2) is 25.6 Å². The molecule has 2 aliphatic heterocycles. The third kappa shape index (κ3) is 6.04. The van der Waals surface area contributed by atoms with E-state index in [4.69, 9.17) is 9.47 Å². The zero-order valence-corrected chi connectivity index (χ0v) is 21.8. The number of aliphatic imine (C=N–C) groups is 1. The van der Waals surface area contributed by atoms with Crippen LogP contribution < -0.4 is 9.64 Å². The second-order valence-corrected chi connectivity index (χ2v) is 9.92. The van der Waals surface area contributed by atoms with Crippen LogP contribution in [0.15, 0.2) is 108 Å². The molecule has 0 N–H and O–H groups in total. The van der Waals surface area contributed by atoms with Gasteiger partial charge in [0, 0.05) is 18.3 Å². The van der Waals surface area contributed by atoms with Gasteiger partial charge in [-0.2, -0.15) is 0 Å². The summed E-state index contributed by atoms with van der Waals surface area (Å²) in [5.74, 6) is 1.36. The lowest BCUT2D eigenvalue weighted by atomic mass is 9.88. The Morgan fingerprint density at radius 3 is 2.49 bits per heavy atom. The summed E-state index contributed by atoms with van der Waals surface area (Å²) >= 11 is 0. The van der Waals surface area contributed by atoms with E-state index in [1.54, 1.807) is 12.1 Å². The van der Waals surface area contributed by atoms with E-state index in [0.717, 1.165) is 48.5 Å². The minimum Gasteiger partial charge on any atom is -0.489 e. The van der Waals surface area contributed by atoms with Gasteiger partial charge in [-0.15, -0.1) is 0 Å². The van der Waals surface area contributed by atoms with Gasteiger partial charge in [0.1, 0.15) is 24.8 Å². The number of hydrogen-bond donors (Lipinski definition) is 0. The second kappa shape index (κ2) is 11.6. The number of nitrogens with zero attached hydrogens (tertiary/aromatic N) is 2. The van der Waals surface area contributed by atoms with Crippen molar-refractivity contribution in [3.05, 3.63) is 137 Å². The van der Waals surface area contributed by atoms with Crippen LogP contribution >= 0.6 is 0 Å². The van der Waals surface area contributed by atoms with Crippen molar-refractivity contribution < 1.29 is 13.9 Å². The fourth-order valence-electron chi connectivity index (χ4n) is 5.29. The number of rotatable bonds is 8. The molecule has 1 unspecified atom stereocenters. The van der Waals surface area contributed by atoms with Gasteiger partial charge in [0.2, 0.25) is 5.90 Å². The predicted molar refractivity (Wildman–Crippen MR) is 155 cm³/mol. The van der Waals surface area contributed by atoms with Gasteiger partial charge in [-0.05, 0) is 83.1 Å². The highest BCUT2D eigenvalue weighted by atomic mass is 19.1. The largest absolute Gasteiger partial charge is 0.489 e. The van der Waals surface area contributed by atoms with Crippen molar-refractivity contribution in [2.45, 2.75) is 25.5 Å². The van der Waals surface area contributed by atoms with Crippen molar-refractivity contribution in [2.24, 2.45) is 4.99 Å². The molecule has 4 aromatic carbocycles. The molecule has 196 valence electrons. The van der Waals surface area contributed by atoms with Gasteiger partial charge in [0.15, 0.2) is 0 Å². The Bertz CT molecular complexity index is 1460. The molecule has 0 saturated heterocycles. The van der Waals surface area contributed by atoms with Gasteiger partial charge in [-0.1, -0.05) is 60.7 Å². The lowest BCUT2D eigenvalue weighted by molar-refractivity contribution is 0.305. The monoisotopic (exact) mass is 518 g/mol. The minimum absolute atomic E-state index is 0.130. The molecule has 5 heteroatoms. The van der Waals surface area contributed by atoms with Crippen LogP contribution in [0.5, 0.6) is 5.75 Å². The number of ether oxygens (including phenoxy) is 2. The number of halogens is 1. The summed E-state index contributed by atoms with van der Waals surface area (Å²) in [6, 6.07) is 32.3. The normalized spacial score (nSPS) is 16.6. The van der Waals surface area contributed by atoms with Crippen LogP contribution in [0.1, 0.15) is 33.9 Å². The van der Waals surface area contributed by atoms with Crippen LogP contribution in [0.4, 0.5) is 10.1 Å². The van der Waals surface area contributed by atoms with Gasteiger partial charge >= 0.3 is 0 Å². The summed E-state index contributed by atoms with van der Waals surface area (Å²) < 4.78 is 25.3. The molecule has 0 aliphatic carbocycles. The van der Waals surface area contributed by atoms with Gasteiger partial charge in [-0.3, -0.25) is 0 Å². The number of anilines is 1. The highest BCUT2D eigenvalue weighted by Crippen LogP contribution is 2.37. The van der Waals surface area contributed by atoms with Crippen molar-refractivity contribution in [1.82, 2.24) is 0 Å². The standard InChI is InChI=1S/C34H31FN2O2/c35-29-11-13-30(14-12-29)37-20-18-28-23-31(39-24-27-4-2-1-3-5-27)15-16-32(28)33(37)22-26-8-6-25(7-9-26)10-17-34-36-19-21-38-34/h1-17,23,33H,18-22,24H2. The molecule has 0 radical (unpaired) electrons. The molecule has 2 aliphatic rings.